The van der Waals surface area contributed by atoms with Crippen molar-refractivity contribution in [1.29, 1.82) is 0 Å². The number of hydrogen-bond acceptors (Lipinski definition) is 0. The molecule has 1 aliphatic carbocycles. The largest absolute Gasteiger partial charge is 0.342 e. The van der Waals surface area contributed by atoms with Crippen LogP contribution in [0.25, 0.3) is 0 Å². The first-order valence-corrected chi connectivity index (χ1v) is 9.36. The fourth-order valence-corrected chi connectivity index (χ4v) is 3.70. The Kier molecular flexibility index (Phi) is 4.71. The summed E-state index contributed by atoms with van der Waals surface area (Å²) < 4.78 is 2.42. The molecule has 25 heavy (non-hydrogen) atoms. The van der Waals surface area contributed by atoms with Crippen LogP contribution in [-0.2, 0) is 19.6 Å². The van der Waals surface area contributed by atoms with Crippen LogP contribution in [0.1, 0.15) is 35.2 Å². The first-order chi connectivity index (χ1) is 12.3. The van der Waals surface area contributed by atoms with E-state index in [-0.39, 0.29) is 0 Å². The molecule has 128 valence electrons. The molecule has 1 N–H and O–H groups in total. The summed E-state index contributed by atoms with van der Waals surface area (Å²) in [6.45, 7) is 5.37. The Labute approximate surface area is 150 Å². The maximum absolute atomic E-state index is 2.42. The average Bonchev–Trinajstić information content (AvgIpc) is 3.38. The molecule has 1 heterocycles. The number of hydrogen-bond donors (Lipinski definition) is 1. The Morgan fingerprint density at radius 3 is 2.44 bits per heavy atom. The molecular weight excluding hydrogens is 304 g/mol. The second-order valence-electron chi connectivity index (χ2n) is 7.39. The van der Waals surface area contributed by atoms with Crippen molar-refractivity contribution >= 4 is 0 Å². The molecular formula is C23H27N2+. The zero-order valence-electron chi connectivity index (χ0n) is 15.0. The maximum atomic E-state index is 2.42. The lowest BCUT2D eigenvalue weighted by Gasteiger charge is -2.20. The van der Waals surface area contributed by atoms with Crippen molar-refractivity contribution in [3.8, 4) is 0 Å². The summed E-state index contributed by atoms with van der Waals surface area (Å²) in [6.07, 6.45) is 4.98. The molecule has 2 nitrogen and oxygen atoms in total. The minimum Gasteiger partial charge on any atom is -0.342 e. The van der Waals surface area contributed by atoms with Crippen LogP contribution in [0, 0.1) is 6.92 Å². The van der Waals surface area contributed by atoms with Gasteiger partial charge in [0.2, 0.25) is 0 Å². The van der Waals surface area contributed by atoms with Crippen LogP contribution in [0.3, 0.4) is 0 Å². The summed E-state index contributed by atoms with van der Waals surface area (Å²) in [7, 11) is 0. The Bertz CT molecular complexity index is 815. The van der Waals surface area contributed by atoms with Gasteiger partial charge in [0.25, 0.3) is 0 Å². The standard InChI is InChI=1S/C23H26N2/c1-19-7-5-10-21(15-19)17-24-14-6-11-23(24)18-25(22-12-13-22)16-20-8-3-2-4-9-20/h2-11,14-15,22H,12-13,16-18H2,1H3/p+1. The molecule has 4 rings (SSSR count). The van der Waals surface area contributed by atoms with Gasteiger partial charge in [-0.3, -0.25) is 0 Å². The molecule has 0 saturated heterocycles. The summed E-state index contributed by atoms with van der Waals surface area (Å²) in [4.78, 5) is 1.70. The molecule has 1 unspecified atom stereocenters. The van der Waals surface area contributed by atoms with E-state index >= 15 is 0 Å². The topological polar surface area (TPSA) is 9.37 Å². The summed E-state index contributed by atoms with van der Waals surface area (Å²) in [5, 5.41) is 0. The van der Waals surface area contributed by atoms with Gasteiger partial charge >= 0.3 is 0 Å². The highest BCUT2D eigenvalue weighted by Crippen LogP contribution is 2.17. The SMILES string of the molecule is Cc1cccc(Cn2cccc2C[NH+](Cc2ccccc2)C2CC2)c1. The third-order valence-electron chi connectivity index (χ3n) is 5.20. The minimum absolute atomic E-state index is 0.836. The monoisotopic (exact) mass is 331 g/mol. The van der Waals surface area contributed by atoms with Gasteiger partial charge in [0.1, 0.15) is 13.1 Å². The lowest BCUT2D eigenvalue weighted by Crippen LogP contribution is -3.10. The fraction of sp³-hybridized carbons (Fsp3) is 0.304. The van der Waals surface area contributed by atoms with Gasteiger partial charge in [-0.25, -0.2) is 0 Å². The fourth-order valence-electron chi connectivity index (χ4n) is 3.70. The molecule has 0 radical (unpaired) electrons. The van der Waals surface area contributed by atoms with Gasteiger partial charge in [-0.15, -0.1) is 0 Å². The smallest absolute Gasteiger partial charge is 0.118 e. The number of benzene rings is 2. The number of rotatable bonds is 7. The van der Waals surface area contributed by atoms with E-state index in [1.807, 2.05) is 0 Å². The minimum atomic E-state index is 0.836. The van der Waals surface area contributed by atoms with E-state index in [1.54, 1.807) is 4.90 Å². The quantitative estimate of drug-likeness (QED) is 0.678. The highest BCUT2D eigenvalue weighted by atomic mass is 15.2. The normalized spacial score (nSPS) is 15.2. The van der Waals surface area contributed by atoms with Crippen LogP contribution >= 0.6 is 0 Å². The molecule has 2 aromatic carbocycles. The summed E-state index contributed by atoms with van der Waals surface area (Å²) in [6, 6.07) is 25.1. The van der Waals surface area contributed by atoms with E-state index in [4.69, 9.17) is 0 Å². The lowest BCUT2D eigenvalue weighted by atomic mass is 10.1. The van der Waals surface area contributed by atoms with Crippen LogP contribution in [-0.4, -0.2) is 10.6 Å². The van der Waals surface area contributed by atoms with Gasteiger partial charge in [0, 0.05) is 31.1 Å². The van der Waals surface area contributed by atoms with Gasteiger partial charge in [-0.05, 0) is 24.6 Å². The maximum Gasteiger partial charge on any atom is 0.118 e. The van der Waals surface area contributed by atoms with Crippen molar-refractivity contribution in [2.45, 2.75) is 45.4 Å². The molecule has 1 aliphatic rings. The van der Waals surface area contributed by atoms with Crippen LogP contribution in [0.4, 0.5) is 0 Å². The van der Waals surface area contributed by atoms with Crippen LogP contribution in [0.15, 0.2) is 72.9 Å². The first kappa shape index (κ1) is 16.2. The Balaban J connectivity index is 1.49. The predicted octanol–water partition coefficient (Wildman–Crippen LogP) is 3.59. The molecule has 1 atom stereocenters. The molecule has 3 aromatic rings. The van der Waals surface area contributed by atoms with Gasteiger partial charge in [-0.1, -0.05) is 60.2 Å². The number of nitrogens with zero attached hydrogens (tertiary/aromatic N) is 1. The average molecular weight is 331 g/mol. The van der Waals surface area contributed by atoms with E-state index in [9.17, 15) is 0 Å². The third-order valence-corrected chi connectivity index (χ3v) is 5.20. The van der Waals surface area contributed by atoms with Gasteiger partial charge in [-0.2, -0.15) is 0 Å². The molecule has 1 fully saturated rings. The van der Waals surface area contributed by atoms with Crippen molar-refractivity contribution in [2.75, 3.05) is 0 Å². The number of quaternary nitrogens is 1. The van der Waals surface area contributed by atoms with Gasteiger partial charge in [0.15, 0.2) is 0 Å². The number of aromatic nitrogens is 1. The van der Waals surface area contributed by atoms with Crippen LogP contribution < -0.4 is 4.90 Å². The molecule has 2 heteroatoms. The molecule has 1 aromatic heterocycles. The third kappa shape index (κ3) is 4.21. The number of nitrogens with one attached hydrogen (secondary N) is 1. The second-order valence-corrected chi connectivity index (χ2v) is 7.39. The highest BCUT2D eigenvalue weighted by Gasteiger charge is 2.33. The predicted molar refractivity (Wildman–Crippen MR) is 103 cm³/mol. The summed E-state index contributed by atoms with van der Waals surface area (Å²) in [5.41, 5.74) is 5.61. The highest BCUT2D eigenvalue weighted by molar-refractivity contribution is 5.23. The van der Waals surface area contributed by atoms with Crippen molar-refractivity contribution in [3.05, 3.63) is 95.3 Å². The van der Waals surface area contributed by atoms with Gasteiger partial charge < -0.3 is 9.47 Å². The summed E-state index contributed by atoms with van der Waals surface area (Å²) >= 11 is 0. The second kappa shape index (κ2) is 7.28. The lowest BCUT2D eigenvalue weighted by molar-refractivity contribution is -0.938. The molecule has 0 amide bonds. The molecule has 1 saturated carbocycles. The molecule has 0 aliphatic heterocycles. The Morgan fingerprint density at radius 2 is 1.68 bits per heavy atom. The van der Waals surface area contributed by atoms with E-state index in [0.29, 0.717) is 0 Å². The summed E-state index contributed by atoms with van der Waals surface area (Å²) in [5.74, 6) is 0. The Morgan fingerprint density at radius 1 is 0.880 bits per heavy atom. The van der Waals surface area contributed by atoms with Crippen molar-refractivity contribution < 1.29 is 4.90 Å². The van der Waals surface area contributed by atoms with E-state index in [1.165, 1.54) is 35.2 Å². The van der Waals surface area contributed by atoms with Crippen LogP contribution in [0.2, 0.25) is 0 Å². The van der Waals surface area contributed by atoms with E-state index in [0.717, 1.165) is 25.7 Å². The number of aryl methyl sites for hydroxylation is 1. The zero-order chi connectivity index (χ0) is 17.1. The first-order valence-electron chi connectivity index (χ1n) is 9.36. The van der Waals surface area contributed by atoms with Crippen molar-refractivity contribution in [1.82, 2.24) is 4.57 Å². The van der Waals surface area contributed by atoms with E-state index < -0.39 is 0 Å². The molecule has 0 bridgehead atoms. The van der Waals surface area contributed by atoms with Gasteiger partial charge in [0.05, 0.1) is 11.7 Å². The van der Waals surface area contributed by atoms with Crippen molar-refractivity contribution in [3.63, 3.8) is 0 Å². The van der Waals surface area contributed by atoms with Crippen LogP contribution in [0.5, 0.6) is 0 Å². The zero-order valence-corrected chi connectivity index (χ0v) is 15.0. The molecule has 0 spiro atoms. The van der Waals surface area contributed by atoms with E-state index in [2.05, 4.69) is 84.4 Å². The van der Waals surface area contributed by atoms with Crippen molar-refractivity contribution in [2.24, 2.45) is 0 Å². The Hall–Kier alpha value is -2.32.